The van der Waals surface area contributed by atoms with Gasteiger partial charge in [0.1, 0.15) is 0 Å². The summed E-state index contributed by atoms with van der Waals surface area (Å²) in [5.41, 5.74) is 4.59. The van der Waals surface area contributed by atoms with Crippen molar-refractivity contribution >= 4 is 28.9 Å². The van der Waals surface area contributed by atoms with E-state index in [4.69, 9.17) is 28.5 Å². The number of piperazine rings is 1. The molecule has 0 N–H and O–H groups in total. The van der Waals surface area contributed by atoms with Gasteiger partial charge in [-0.2, -0.15) is 10.5 Å². The molecule has 4 rings (SSSR count). The lowest BCUT2D eigenvalue weighted by atomic mass is 9.97. The van der Waals surface area contributed by atoms with E-state index in [2.05, 4.69) is 41.0 Å². The Kier molecular flexibility index (Phi) is 7.21. The highest BCUT2D eigenvalue weighted by Crippen LogP contribution is 2.36. The fourth-order valence-corrected chi connectivity index (χ4v) is 4.87. The molecule has 1 heterocycles. The van der Waals surface area contributed by atoms with Crippen LogP contribution in [0.3, 0.4) is 0 Å². The first kappa shape index (κ1) is 23.1. The predicted molar refractivity (Wildman–Crippen MR) is 134 cm³/mol. The van der Waals surface area contributed by atoms with Crippen LogP contribution in [0.4, 0.5) is 5.69 Å². The Labute approximate surface area is 205 Å². The molecular weight excluding hydrogens is 451 g/mol. The van der Waals surface area contributed by atoms with Crippen molar-refractivity contribution in [3.05, 3.63) is 99.0 Å². The molecule has 0 bridgehead atoms. The Morgan fingerprint density at radius 2 is 1.58 bits per heavy atom. The van der Waals surface area contributed by atoms with Gasteiger partial charge in [-0.25, -0.2) is 0 Å². The Bertz CT molecular complexity index is 1190. The molecule has 3 aromatic carbocycles. The van der Waals surface area contributed by atoms with Crippen LogP contribution in [0.15, 0.2) is 66.7 Å². The van der Waals surface area contributed by atoms with E-state index in [9.17, 15) is 5.26 Å². The Morgan fingerprint density at radius 3 is 2.21 bits per heavy atom. The lowest BCUT2D eigenvalue weighted by Gasteiger charge is -2.44. The second kappa shape index (κ2) is 10.3. The summed E-state index contributed by atoms with van der Waals surface area (Å²) in [4.78, 5) is 4.81. The zero-order chi connectivity index (χ0) is 23.4. The molecule has 166 valence electrons. The molecule has 0 aliphatic carbocycles. The molecule has 1 saturated heterocycles. The van der Waals surface area contributed by atoms with Gasteiger partial charge in [-0.15, -0.1) is 0 Å². The van der Waals surface area contributed by atoms with Crippen molar-refractivity contribution in [2.24, 2.45) is 0 Å². The third-order valence-electron chi connectivity index (χ3n) is 6.25. The maximum Gasteiger partial charge on any atom is 0.0992 e. The van der Waals surface area contributed by atoms with Crippen molar-refractivity contribution in [1.29, 1.82) is 10.5 Å². The van der Waals surface area contributed by atoms with Crippen LogP contribution in [0.25, 0.3) is 0 Å². The van der Waals surface area contributed by atoms with Gasteiger partial charge in [-0.1, -0.05) is 54.4 Å². The standard InChI is InChI=1S/C27H24Cl2N4/c1-19(22-5-2-20(15-30)3-6-22)17-32-12-13-33(26-11-4-21(16-31)14-25(26)29)27(18-32)23-7-9-24(28)10-8-23/h2-11,14,19,27H,12-13,17-18H2,1H3/t19-,27+/m1/s1. The predicted octanol–water partition coefficient (Wildman–Crippen LogP) is 6.40. The highest BCUT2D eigenvalue weighted by molar-refractivity contribution is 6.33. The summed E-state index contributed by atoms with van der Waals surface area (Å²) < 4.78 is 0. The fourth-order valence-electron chi connectivity index (χ4n) is 4.45. The third-order valence-corrected chi connectivity index (χ3v) is 6.80. The van der Waals surface area contributed by atoms with E-state index in [1.54, 1.807) is 6.07 Å². The summed E-state index contributed by atoms with van der Waals surface area (Å²) >= 11 is 12.7. The van der Waals surface area contributed by atoms with Gasteiger partial charge in [0.2, 0.25) is 0 Å². The molecular formula is C27H24Cl2N4. The van der Waals surface area contributed by atoms with Crippen molar-refractivity contribution in [3.63, 3.8) is 0 Å². The molecule has 2 atom stereocenters. The van der Waals surface area contributed by atoms with Gasteiger partial charge in [-0.05, 0) is 59.5 Å². The van der Waals surface area contributed by atoms with Crippen LogP contribution in [-0.4, -0.2) is 31.1 Å². The molecule has 33 heavy (non-hydrogen) atoms. The van der Waals surface area contributed by atoms with Gasteiger partial charge >= 0.3 is 0 Å². The smallest absolute Gasteiger partial charge is 0.0992 e. The fraction of sp³-hybridized carbons (Fsp3) is 0.259. The number of nitrogens with zero attached hydrogens (tertiary/aromatic N) is 4. The SMILES string of the molecule is C[C@H](CN1CCN(c2ccc(C#N)cc2Cl)[C@H](c2ccc(Cl)cc2)C1)c1ccc(C#N)cc1. The number of hydrogen-bond donors (Lipinski definition) is 0. The van der Waals surface area contributed by atoms with E-state index in [0.717, 1.165) is 31.9 Å². The molecule has 0 aromatic heterocycles. The second-order valence-corrected chi connectivity index (χ2v) is 9.28. The minimum Gasteiger partial charge on any atom is -0.361 e. The Balaban J connectivity index is 1.57. The topological polar surface area (TPSA) is 54.1 Å². The first-order chi connectivity index (χ1) is 16.0. The minimum atomic E-state index is 0.106. The number of rotatable bonds is 5. The van der Waals surface area contributed by atoms with Crippen LogP contribution >= 0.6 is 23.2 Å². The quantitative estimate of drug-likeness (QED) is 0.428. The van der Waals surface area contributed by atoms with Crippen molar-refractivity contribution in [1.82, 2.24) is 4.90 Å². The number of halogens is 2. The van der Waals surface area contributed by atoms with Crippen LogP contribution in [0.2, 0.25) is 10.0 Å². The van der Waals surface area contributed by atoms with E-state index in [1.165, 1.54) is 11.1 Å². The minimum absolute atomic E-state index is 0.106. The molecule has 6 heteroatoms. The van der Waals surface area contributed by atoms with Crippen LogP contribution in [0.5, 0.6) is 0 Å². The molecule has 1 aliphatic heterocycles. The van der Waals surface area contributed by atoms with E-state index in [1.807, 2.05) is 48.5 Å². The average Bonchev–Trinajstić information content (AvgIpc) is 2.84. The van der Waals surface area contributed by atoms with Crippen LogP contribution in [-0.2, 0) is 0 Å². The molecule has 4 nitrogen and oxygen atoms in total. The van der Waals surface area contributed by atoms with E-state index in [0.29, 0.717) is 27.1 Å². The maximum atomic E-state index is 9.20. The maximum absolute atomic E-state index is 9.20. The lowest BCUT2D eigenvalue weighted by Crippen LogP contribution is -2.49. The summed E-state index contributed by atoms with van der Waals surface area (Å²) in [6, 6.07) is 25.8. The van der Waals surface area contributed by atoms with Gasteiger partial charge in [0, 0.05) is 31.2 Å². The zero-order valence-electron chi connectivity index (χ0n) is 18.4. The average molecular weight is 475 g/mol. The number of benzene rings is 3. The number of nitriles is 2. The van der Waals surface area contributed by atoms with Crippen LogP contribution in [0.1, 0.15) is 41.1 Å². The largest absolute Gasteiger partial charge is 0.361 e. The van der Waals surface area contributed by atoms with Crippen molar-refractivity contribution in [3.8, 4) is 12.1 Å². The molecule has 3 aromatic rings. The zero-order valence-corrected chi connectivity index (χ0v) is 19.9. The van der Waals surface area contributed by atoms with Gasteiger partial charge in [0.05, 0.1) is 40.0 Å². The molecule has 1 fully saturated rings. The summed E-state index contributed by atoms with van der Waals surface area (Å²) in [5, 5.41) is 19.6. The number of anilines is 1. The molecule has 0 saturated carbocycles. The van der Waals surface area contributed by atoms with E-state index >= 15 is 0 Å². The van der Waals surface area contributed by atoms with Crippen LogP contribution in [0, 0.1) is 22.7 Å². The first-order valence-corrected chi connectivity index (χ1v) is 11.7. The van der Waals surface area contributed by atoms with Crippen molar-refractivity contribution in [2.75, 3.05) is 31.1 Å². The summed E-state index contributed by atoms with van der Waals surface area (Å²) in [6.07, 6.45) is 0. The monoisotopic (exact) mass is 474 g/mol. The van der Waals surface area contributed by atoms with Gasteiger partial charge in [0.25, 0.3) is 0 Å². The Hall–Kier alpha value is -3.02. The molecule has 0 radical (unpaired) electrons. The Morgan fingerprint density at radius 1 is 0.909 bits per heavy atom. The lowest BCUT2D eigenvalue weighted by molar-refractivity contribution is 0.214. The second-order valence-electron chi connectivity index (χ2n) is 8.43. The highest BCUT2D eigenvalue weighted by Gasteiger charge is 2.30. The molecule has 0 spiro atoms. The molecule has 0 unspecified atom stereocenters. The number of hydrogen-bond acceptors (Lipinski definition) is 4. The van der Waals surface area contributed by atoms with Crippen molar-refractivity contribution < 1.29 is 0 Å². The summed E-state index contributed by atoms with van der Waals surface area (Å²) in [5.74, 6) is 0.341. The summed E-state index contributed by atoms with van der Waals surface area (Å²) in [7, 11) is 0. The van der Waals surface area contributed by atoms with Gasteiger partial charge in [0.15, 0.2) is 0 Å². The van der Waals surface area contributed by atoms with Gasteiger partial charge < -0.3 is 4.90 Å². The van der Waals surface area contributed by atoms with E-state index in [-0.39, 0.29) is 6.04 Å². The molecule has 1 aliphatic rings. The third kappa shape index (κ3) is 5.32. The van der Waals surface area contributed by atoms with E-state index < -0.39 is 0 Å². The van der Waals surface area contributed by atoms with Gasteiger partial charge in [-0.3, -0.25) is 4.90 Å². The van der Waals surface area contributed by atoms with Crippen LogP contribution < -0.4 is 4.90 Å². The summed E-state index contributed by atoms with van der Waals surface area (Å²) in [6.45, 7) is 5.71. The van der Waals surface area contributed by atoms with Crippen molar-refractivity contribution in [2.45, 2.75) is 18.9 Å². The first-order valence-electron chi connectivity index (χ1n) is 10.9. The molecule has 0 amide bonds. The highest BCUT2D eigenvalue weighted by atomic mass is 35.5. The normalized spacial score (nSPS) is 17.2.